The minimum Gasteiger partial charge on any atom is -0.447 e. The number of anilines is 2. The standard InChI is InChI=1S/C17H12ClN3O3S2/c18-14-5-4-13(26-14)12-9-25-16(19-12)20-15(22)10-2-1-3-11(8-10)21-6-7-24-17(21)23/h1-5,8-9H,6-7H2,(H,19,20,22). The summed E-state index contributed by atoms with van der Waals surface area (Å²) in [6, 6.07) is 10.6. The number of carbonyl (C=O) groups is 2. The highest BCUT2D eigenvalue weighted by Gasteiger charge is 2.24. The van der Waals surface area contributed by atoms with E-state index in [2.05, 4.69) is 10.3 Å². The molecule has 0 bridgehead atoms. The highest BCUT2D eigenvalue weighted by atomic mass is 35.5. The maximum Gasteiger partial charge on any atom is 0.414 e. The number of benzene rings is 1. The lowest BCUT2D eigenvalue weighted by Crippen LogP contribution is -2.23. The average molecular weight is 406 g/mol. The zero-order chi connectivity index (χ0) is 18.1. The first kappa shape index (κ1) is 17.0. The normalized spacial score (nSPS) is 13.7. The van der Waals surface area contributed by atoms with Gasteiger partial charge in [0.05, 0.1) is 21.5 Å². The Labute approximate surface area is 162 Å². The van der Waals surface area contributed by atoms with Crippen molar-refractivity contribution in [3.63, 3.8) is 0 Å². The number of thiophene rings is 1. The number of thiazole rings is 1. The van der Waals surface area contributed by atoms with Crippen molar-refractivity contribution in [2.45, 2.75) is 0 Å². The topological polar surface area (TPSA) is 71.5 Å². The van der Waals surface area contributed by atoms with Crippen LogP contribution in [-0.4, -0.2) is 30.1 Å². The van der Waals surface area contributed by atoms with Crippen LogP contribution in [0.25, 0.3) is 10.6 Å². The van der Waals surface area contributed by atoms with Crippen molar-refractivity contribution in [1.82, 2.24) is 4.98 Å². The lowest BCUT2D eigenvalue weighted by molar-refractivity contribution is 0.102. The molecule has 2 aromatic heterocycles. The third-order valence-corrected chi connectivity index (χ3v) is 5.74. The average Bonchev–Trinajstić information content (AvgIpc) is 3.36. The molecule has 26 heavy (non-hydrogen) atoms. The van der Waals surface area contributed by atoms with Gasteiger partial charge >= 0.3 is 6.09 Å². The van der Waals surface area contributed by atoms with E-state index in [4.69, 9.17) is 16.3 Å². The Balaban J connectivity index is 1.50. The molecule has 0 radical (unpaired) electrons. The molecule has 2 amide bonds. The van der Waals surface area contributed by atoms with Gasteiger partial charge in [0.2, 0.25) is 0 Å². The molecule has 3 heterocycles. The van der Waals surface area contributed by atoms with E-state index in [0.717, 1.165) is 10.6 Å². The molecule has 1 N–H and O–H groups in total. The summed E-state index contributed by atoms with van der Waals surface area (Å²) in [5, 5.41) is 5.16. The van der Waals surface area contributed by atoms with Gasteiger partial charge in [-0.1, -0.05) is 17.7 Å². The van der Waals surface area contributed by atoms with Crippen LogP contribution in [0, 0.1) is 0 Å². The third kappa shape index (κ3) is 3.44. The van der Waals surface area contributed by atoms with Gasteiger partial charge in [0.1, 0.15) is 6.61 Å². The number of cyclic esters (lactones) is 1. The molecule has 1 saturated heterocycles. The van der Waals surface area contributed by atoms with E-state index in [1.54, 1.807) is 24.3 Å². The van der Waals surface area contributed by atoms with E-state index >= 15 is 0 Å². The van der Waals surface area contributed by atoms with Crippen LogP contribution in [0.3, 0.4) is 0 Å². The second-order valence-corrected chi connectivity index (χ2v) is 7.99. The molecule has 1 fully saturated rings. The van der Waals surface area contributed by atoms with Crippen LogP contribution >= 0.6 is 34.3 Å². The van der Waals surface area contributed by atoms with Gasteiger partial charge in [0.15, 0.2) is 5.13 Å². The summed E-state index contributed by atoms with van der Waals surface area (Å²) in [4.78, 5) is 31.1. The van der Waals surface area contributed by atoms with Gasteiger partial charge in [-0.05, 0) is 30.3 Å². The monoisotopic (exact) mass is 405 g/mol. The fourth-order valence-electron chi connectivity index (χ4n) is 2.51. The van der Waals surface area contributed by atoms with E-state index in [0.29, 0.717) is 33.9 Å². The van der Waals surface area contributed by atoms with E-state index < -0.39 is 6.09 Å². The second-order valence-electron chi connectivity index (χ2n) is 5.41. The predicted octanol–water partition coefficient (Wildman–Crippen LogP) is 4.73. The fourth-order valence-corrected chi connectivity index (χ4v) is 4.29. The van der Waals surface area contributed by atoms with Crippen molar-refractivity contribution >= 4 is 57.1 Å². The number of nitrogens with one attached hydrogen (secondary N) is 1. The number of ether oxygens (including phenoxy) is 1. The molecule has 1 aliphatic heterocycles. The first-order valence-corrected chi connectivity index (χ1v) is 9.74. The smallest absolute Gasteiger partial charge is 0.414 e. The Hall–Kier alpha value is -2.42. The minimum absolute atomic E-state index is 0.287. The predicted molar refractivity (Wildman–Crippen MR) is 104 cm³/mol. The zero-order valence-corrected chi connectivity index (χ0v) is 15.7. The Morgan fingerprint density at radius 3 is 2.92 bits per heavy atom. The SMILES string of the molecule is O=C(Nc1nc(-c2ccc(Cl)s2)cs1)c1cccc(N2CCOC2=O)c1. The van der Waals surface area contributed by atoms with Crippen molar-refractivity contribution in [3.8, 4) is 10.6 Å². The van der Waals surface area contributed by atoms with Crippen molar-refractivity contribution in [3.05, 3.63) is 51.7 Å². The lowest BCUT2D eigenvalue weighted by atomic mass is 10.2. The highest BCUT2D eigenvalue weighted by molar-refractivity contribution is 7.20. The van der Waals surface area contributed by atoms with E-state index in [9.17, 15) is 9.59 Å². The van der Waals surface area contributed by atoms with E-state index in [-0.39, 0.29) is 5.91 Å². The van der Waals surface area contributed by atoms with E-state index in [1.807, 2.05) is 17.5 Å². The number of nitrogens with zero attached hydrogens (tertiary/aromatic N) is 2. The van der Waals surface area contributed by atoms with Crippen LogP contribution in [0.4, 0.5) is 15.6 Å². The van der Waals surface area contributed by atoms with Gasteiger partial charge in [-0.25, -0.2) is 9.78 Å². The number of halogens is 1. The summed E-state index contributed by atoms with van der Waals surface area (Å²) < 4.78 is 5.62. The van der Waals surface area contributed by atoms with Gasteiger partial charge in [0, 0.05) is 16.6 Å². The molecule has 0 atom stereocenters. The van der Waals surface area contributed by atoms with Crippen LogP contribution in [0.2, 0.25) is 4.34 Å². The second kappa shape index (κ2) is 7.06. The van der Waals surface area contributed by atoms with Crippen LogP contribution in [0.15, 0.2) is 41.8 Å². The number of rotatable bonds is 4. The summed E-state index contributed by atoms with van der Waals surface area (Å²) in [5.74, 6) is -0.287. The van der Waals surface area contributed by atoms with Crippen molar-refractivity contribution in [1.29, 1.82) is 0 Å². The van der Waals surface area contributed by atoms with Crippen molar-refractivity contribution in [2.75, 3.05) is 23.4 Å². The Kier molecular flexibility index (Phi) is 4.62. The molecular weight excluding hydrogens is 394 g/mol. The summed E-state index contributed by atoms with van der Waals surface area (Å²) >= 11 is 8.72. The third-order valence-electron chi connectivity index (χ3n) is 3.73. The maximum absolute atomic E-state index is 12.5. The number of amides is 2. The summed E-state index contributed by atoms with van der Waals surface area (Å²) in [6.45, 7) is 0.826. The molecule has 0 aliphatic carbocycles. The number of carbonyl (C=O) groups excluding carboxylic acids is 2. The van der Waals surface area contributed by atoms with Crippen LogP contribution in [0.5, 0.6) is 0 Å². The Morgan fingerprint density at radius 1 is 1.31 bits per heavy atom. The van der Waals surface area contributed by atoms with Crippen LogP contribution < -0.4 is 10.2 Å². The minimum atomic E-state index is -0.401. The molecule has 0 spiro atoms. The molecule has 9 heteroatoms. The molecule has 6 nitrogen and oxygen atoms in total. The molecular formula is C17H12ClN3O3S2. The molecule has 0 unspecified atom stereocenters. The van der Waals surface area contributed by atoms with Crippen LogP contribution in [-0.2, 0) is 4.74 Å². The summed E-state index contributed by atoms with van der Waals surface area (Å²) in [7, 11) is 0. The Bertz CT molecular complexity index is 985. The molecule has 3 aromatic rings. The first-order valence-electron chi connectivity index (χ1n) is 7.67. The molecule has 1 aliphatic rings. The van der Waals surface area contributed by atoms with Crippen LogP contribution in [0.1, 0.15) is 10.4 Å². The lowest BCUT2D eigenvalue weighted by Gasteiger charge is -2.13. The highest BCUT2D eigenvalue weighted by Crippen LogP contribution is 2.33. The molecule has 0 saturated carbocycles. The quantitative estimate of drug-likeness (QED) is 0.680. The summed E-state index contributed by atoms with van der Waals surface area (Å²) in [5.41, 5.74) is 1.85. The van der Waals surface area contributed by atoms with Gasteiger partial charge in [-0.15, -0.1) is 22.7 Å². The number of hydrogen-bond donors (Lipinski definition) is 1. The van der Waals surface area contributed by atoms with E-state index in [1.165, 1.54) is 27.6 Å². The van der Waals surface area contributed by atoms with Gasteiger partial charge in [0.25, 0.3) is 5.91 Å². The van der Waals surface area contributed by atoms with Gasteiger partial charge < -0.3 is 4.74 Å². The maximum atomic E-state index is 12.5. The number of hydrogen-bond acceptors (Lipinski definition) is 6. The zero-order valence-electron chi connectivity index (χ0n) is 13.3. The molecule has 4 rings (SSSR count). The number of aromatic nitrogens is 1. The van der Waals surface area contributed by atoms with Crippen molar-refractivity contribution in [2.24, 2.45) is 0 Å². The fraction of sp³-hybridized carbons (Fsp3) is 0.118. The Morgan fingerprint density at radius 2 is 2.19 bits per heavy atom. The molecule has 1 aromatic carbocycles. The van der Waals surface area contributed by atoms with Gasteiger partial charge in [-0.2, -0.15) is 0 Å². The summed E-state index contributed by atoms with van der Waals surface area (Å²) in [6.07, 6.45) is -0.401. The first-order chi connectivity index (χ1) is 12.6. The molecule has 132 valence electrons. The largest absolute Gasteiger partial charge is 0.447 e. The van der Waals surface area contributed by atoms with Crippen molar-refractivity contribution < 1.29 is 14.3 Å². The van der Waals surface area contributed by atoms with Gasteiger partial charge in [-0.3, -0.25) is 15.0 Å².